The summed E-state index contributed by atoms with van der Waals surface area (Å²) >= 11 is 3.39. The quantitative estimate of drug-likeness (QED) is 0.783. The molecule has 0 unspecified atom stereocenters. The van der Waals surface area contributed by atoms with Gasteiger partial charge in [-0.25, -0.2) is 4.79 Å². The topological polar surface area (TPSA) is 58.9 Å². The number of aryl methyl sites for hydroxylation is 1. The van der Waals surface area contributed by atoms with E-state index >= 15 is 0 Å². The molecule has 0 radical (unpaired) electrons. The molecule has 0 heterocycles. The number of rotatable bonds is 6. The highest BCUT2D eigenvalue weighted by atomic mass is 79.9. The second-order valence-electron chi connectivity index (χ2n) is 4.64. The van der Waals surface area contributed by atoms with Gasteiger partial charge in [0.2, 0.25) is 0 Å². The molecule has 4 nitrogen and oxygen atoms in total. The summed E-state index contributed by atoms with van der Waals surface area (Å²) in [6.45, 7) is 1.72. The van der Waals surface area contributed by atoms with Crippen LogP contribution in [0.25, 0.3) is 0 Å². The fourth-order valence-corrected chi connectivity index (χ4v) is 2.23. The van der Waals surface area contributed by atoms with E-state index in [1.165, 1.54) is 5.56 Å². The van der Waals surface area contributed by atoms with Crippen LogP contribution in [0.4, 0.5) is 5.69 Å². The fourth-order valence-electron chi connectivity index (χ4n) is 1.85. The van der Waals surface area contributed by atoms with E-state index in [2.05, 4.69) is 27.8 Å². The predicted molar refractivity (Wildman–Crippen MR) is 90.3 cm³/mol. The Labute approximate surface area is 137 Å². The number of ether oxygens (including phenoxy) is 1. The highest BCUT2D eigenvalue weighted by Crippen LogP contribution is 2.23. The maximum atomic E-state index is 10.6. The third-order valence-electron chi connectivity index (χ3n) is 3.02. The summed E-state index contributed by atoms with van der Waals surface area (Å²) in [5.41, 5.74) is 2.81. The van der Waals surface area contributed by atoms with E-state index in [1.807, 2.05) is 30.3 Å². The third kappa shape index (κ3) is 4.70. The summed E-state index contributed by atoms with van der Waals surface area (Å²) in [7, 11) is 0. The van der Waals surface area contributed by atoms with Crippen LogP contribution in [0, 0.1) is 0 Å². The van der Waals surface area contributed by atoms with Crippen LogP contribution < -0.4 is 4.74 Å². The molecule has 0 saturated heterocycles. The van der Waals surface area contributed by atoms with Crippen LogP contribution in [-0.2, 0) is 11.2 Å². The molecule has 0 saturated carbocycles. The normalized spacial score (nSPS) is 10.8. The van der Waals surface area contributed by atoms with Gasteiger partial charge in [0.15, 0.2) is 6.61 Å². The summed E-state index contributed by atoms with van der Waals surface area (Å²) in [6, 6.07) is 13.3. The number of carbonyl (C=O) groups is 1. The van der Waals surface area contributed by atoms with E-state index in [9.17, 15) is 4.79 Å². The Morgan fingerprint density at radius 2 is 2.00 bits per heavy atom. The molecule has 0 amide bonds. The number of hydrogen-bond donors (Lipinski definition) is 1. The lowest BCUT2D eigenvalue weighted by atomic mass is 10.1. The third-order valence-corrected chi connectivity index (χ3v) is 3.51. The molecule has 0 fully saturated rings. The smallest absolute Gasteiger partial charge is 0.341 e. The molecule has 0 bridgehead atoms. The van der Waals surface area contributed by atoms with Gasteiger partial charge in [-0.05, 0) is 42.3 Å². The maximum Gasteiger partial charge on any atom is 0.341 e. The minimum absolute atomic E-state index is 0.381. The molecule has 2 aromatic carbocycles. The first kappa shape index (κ1) is 16.2. The van der Waals surface area contributed by atoms with Gasteiger partial charge < -0.3 is 9.84 Å². The Morgan fingerprint density at radius 3 is 2.64 bits per heavy atom. The molecular weight excluding hydrogens is 346 g/mol. The van der Waals surface area contributed by atoms with Gasteiger partial charge in [0.1, 0.15) is 5.75 Å². The molecule has 22 heavy (non-hydrogen) atoms. The maximum absolute atomic E-state index is 10.6. The summed E-state index contributed by atoms with van der Waals surface area (Å²) in [5.74, 6) is -0.527. The molecular formula is C17H16BrNO3. The summed E-state index contributed by atoms with van der Waals surface area (Å²) in [4.78, 5) is 15.0. The molecule has 2 rings (SSSR count). The summed E-state index contributed by atoms with van der Waals surface area (Å²) in [5, 5.41) is 8.71. The van der Waals surface area contributed by atoms with Crippen LogP contribution in [0.1, 0.15) is 18.1 Å². The Morgan fingerprint density at radius 1 is 1.27 bits per heavy atom. The zero-order chi connectivity index (χ0) is 15.9. The zero-order valence-electron chi connectivity index (χ0n) is 12.1. The van der Waals surface area contributed by atoms with Crippen LogP contribution in [0.5, 0.6) is 5.75 Å². The van der Waals surface area contributed by atoms with E-state index in [4.69, 9.17) is 9.84 Å². The number of halogens is 1. The van der Waals surface area contributed by atoms with Crippen molar-refractivity contribution < 1.29 is 14.6 Å². The molecule has 2 aromatic rings. The van der Waals surface area contributed by atoms with Crippen LogP contribution in [0.15, 0.2) is 51.9 Å². The second-order valence-corrected chi connectivity index (χ2v) is 5.56. The van der Waals surface area contributed by atoms with Gasteiger partial charge in [0.25, 0.3) is 0 Å². The first-order valence-corrected chi connectivity index (χ1v) is 7.65. The number of hydrogen-bond acceptors (Lipinski definition) is 3. The van der Waals surface area contributed by atoms with Gasteiger partial charge in [0, 0.05) is 16.3 Å². The Bertz CT molecular complexity index is 681. The highest BCUT2D eigenvalue weighted by molar-refractivity contribution is 9.10. The highest BCUT2D eigenvalue weighted by Gasteiger charge is 2.05. The molecule has 0 spiro atoms. The van der Waals surface area contributed by atoms with Gasteiger partial charge in [-0.2, -0.15) is 0 Å². The standard InChI is InChI=1S/C17H16BrNO3/c1-2-12-3-6-15(7-4-12)19-10-13-9-14(18)5-8-16(13)22-11-17(20)21/h3-10H,2,11H2,1H3,(H,20,21). The lowest BCUT2D eigenvalue weighted by molar-refractivity contribution is -0.139. The van der Waals surface area contributed by atoms with Crippen molar-refractivity contribution >= 4 is 33.8 Å². The van der Waals surface area contributed by atoms with Crippen molar-refractivity contribution in [1.29, 1.82) is 0 Å². The average molecular weight is 362 g/mol. The molecule has 1 N–H and O–H groups in total. The minimum Gasteiger partial charge on any atom is -0.481 e. The predicted octanol–water partition coefficient (Wildman–Crippen LogP) is 4.23. The number of nitrogens with zero attached hydrogens (tertiary/aromatic N) is 1. The monoisotopic (exact) mass is 361 g/mol. The van der Waals surface area contributed by atoms with Crippen molar-refractivity contribution in [2.24, 2.45) is 4.99 Å². The number of benzene rings is 2. The summed E-state index contributed by atoms with van der Waals surface area (Å²) < 4.78 is 6.14. The van der Waals surface area contributed by atoms with Gasteiger partial charge in [-0.3, -0.25) is 4.99 Å². The van der Waals surface area contributed by atoms with E-state index in [0.717, 1.165) is 22.1 Å². The lowest BCUT2D eigenvalue weighted by Gasteiger charge is -2.07. The Hall–Kier alpha value is -2.14. The lowest BCUT2D eigenvalue weighted by Crippen LogP contribution is -2.10. The molecule has 0 aliphatic rings. The van der Waals surface area contributed by atoms with Crippen LogP contribution in [-0.4, -0.2) is 23.9 Å². The van der Waals surface area contributed by atoms with Gasteiger partial charge in [0.05, 0.1) is 5.69 Å². The van der Waals surface area contributed by atoms with Crippen LogP contribution in [0.3, 0.4) is 0 Å². The van der Waals surface area contributed by atoms with Crippen molar-refractivity contribution in [3.05, 3.63) is 58.1 Å². The van der Waals surface area contributed by atoms with Gasteiger partial charge in [-0.15, -0.1) is 0 Å². The van der Waals surface area contributed by atoms with E-state index in [0.29, 0.717) is 5.75 Å². The molecule has 0 aromatic heterocycles. The first-order valence-electron chi connectivity index (χ1n) is 6.85. The Balaban J connectivity index is 2.20. The summed E-state index contributed by atoms with van der Waals surface area (Å²) in [6.07, 6.45) is 2.66. The van der Waals surface area contributed by atoms with Crippen molar-refractivity contribution in [3.63, 3.8) is 0 Å². The van der Waals surface area contributed by atoms with E-state index < -0.39 is 5.97 Å². The number of aliphatic imine (C=N–C) groups is 1. The minimum atomic E-state index is -1.01. The van der Waals surface area contributed by atoms with Crippen molar-refractivity contribution in [1.82, 2.24) is 0 Å². The molecule has 0 aliphatic heterocycles. The molecule has 0 aliphatic carbocycles. The second kappa shape index (κ2) is 7.75. The van der Waals surface area contributed by atoms with Crippen molar-refractivity contribution in [2.75, 3.05) is 6.61 Å². The van der Waals surface area contributed by atoms with Crippen molar-refractivity contribution in [3.8, 4) is 5.75 Å². The van der Waals surface area contributed by atoms with Gasteiger partial charge in [-0.1, -0.05) is 35.0 Å². The molecule has 114 valence electrons. The number of aliphatic carboxylic acids is 1. The average Bonchev–Trinajstić information content (AvgIpc) is 2.52. The van der Waals surface area contributed by atoms with E-state index in [-0.39, 0.29) is 6.61 Å². The largest absolute Gasteiger partial charge is 0.481 e. The SMILES string of the molecule is CCc1ccc(N=Cc2cc(Br)ccc2OCC(=O)O)cc1. The fraction of sp³-hybridized carbons (Fsp3) is 0.176. The number of carboxylic acids is 1. The Kier molecular flexibility index (Phi) is 5.72. The van der Waals surface area contributed by atoms with Crippen LogP contribution >= 0.6 is 15.9 Å². The van der Waals surface area contributed by atoms with Crippen LogP contribution in [0.2, 0.25) is 0 Å². The first-order chi connectivity index (χ1) is 10.6. The molecule has 5 heteroatoms. The van der Waals surface area contributed by atoms with Gasteiger partial charge >= 0.3 is 5.97 Å². The molecule has 0 atom stereocenters. The number of carboxylic acid groups (broad SMARTS) is 1. The van der Waals surface area contributed by atoms with E-state index in [1.54, 1.807) is 18.3 Å². The van der Waals surface area contributed by atoms with Crippen molar-refractivity contribution in [2.45, 2.75) is 13.3 Å². The zero-order valence-corrected chi connectivity index (χ0v) is 13.7.